The van der Waals surface area contributed by atoms with Gasteiger partial charge in [-0.1, -0.05) is 0 Å². The highest BCUT2D eigenvalue weighted by Gasteiger charge is 2.48. The van der Waals surface area contributed by atoms with E-state index in [1.165, 1.54) is 25.0 Å². The van der Waals surface area contributed by atoms with Gasteiger partial charge in [-0.3, -0.25) is 4.79 Å². The molecule has 4 rings (SSSR count). The average Bonchev–Trinajstić information content (AvgIpc) is 3.49. The fourth-order valence-corrected chi connectivity index (χ4v) is 3.98. The fraction of sp³-hybridized carbons (Fsp3) is 0.650. The van der Waals surface area contributed by atoms with Crippen molar-refractivity contribution >= 4 is 5.91 Å². The van der Waals surface area contributed by atoms with E-state index in [1.807, 2.05) is 0 Å². The number of aromatic hydroxyl groups is 1. The molecule has 0 aromatic heterocycles. The maximum Gasteiger partial charge on any atom is 0.254 e. The van der Waals surface area contributed by atoms with E-state index in [4.69, 9.17) is 9.47 Å². The number of amides is 1. The summed E-state index contributed by atoms with van der Waals surface area (Å²) in [5.74, 6) is 0.923. The molecule has 7 heteroatoms. The van der Waals surface area contributed by atoms with Crippen LogP contribution >= 0.6 is 0 Å². The summed E-state index contributed by atoms with van der Waals surface area (Å²) in [7, 11) is 0. The highest BCUT2D eigenvalue weighted by atomic mass is 16.5. The van der Waals surface area contributed by atoms with E-state index in [2.05, 4.69) is 0 Å². The summed E-state index contributed by atoms with van der Waals surface area (Å²) in [4.78, 5) is 14.6. The van der Waals surface area contributed by atoms with Crippen molar-refractivity contribution in [1.29, 1.82) is 0 Å². The molecule has 1 aliphatic carbocycles. The van der Waals surface area contributed by atoms with Gasteiger partial charge in [-0.15, -0.1) is 0 Å². The van der Waals surface area contributed by atoms with E-state index in [-0.39, 0.29) is 11.7 Å². The number of nitrogens with zero attached hydrogens (tertiary/aromatic N) is 1. The van der Waals surface area contributed by atoms with Crippen LogP contribution in [-0.2, 0) is 4.74 Å². The number of rotatable bonds is 4. The molecule has 1 saturated carbocycles. The number of phenolic OH excluding ortho intramolecular Hbond substituents is 1. The Morgan fingerprint density at radius 2 is 1.93 bits per heavy atom. The van der Waals surface area contributed by atoms with Gasteiger partial charge in [-0.05, 0) is 50.2 Å². The maximum absolute atomic E-state index is 12.9. The van der Waals surface area contributed by atoms with Gasteiger partial charge in [0.2, 0.25) is 0 Å². The van der Waals surface area contributed by atoms with Crippen LogP contribution in [-0.4, -0.2) is 70.2 Å². The maximum atomic E-state index is 12.9. The monoisotopic (exact) mass is 377 g/mol. The average molecular weight is 377 g/mol. The van der Waals surface area contributed by atoms with Crippen LogP contribution < -0.4 is 4.74 Å². The Kier molecular flexibility index (Phi) is 5.01. The van der Waals surface area contributed by atoms with E-state index >= 15 is 0 Å². The summed E-state index contributed by atoms with van der Waals surface area (Å²) < 4.78 is 11.5. The standard InChI is InChI=1S/C20H27NO6/c22-15-9-14(10-16(11-15)26-12-13-1-2-13)19(25)21-6-4-20(5-7-21)18(24)17(23)3-8-27-20/h9-11,13,17-18,22-24H,1-8,12H2/t17-,18-/m0/s1. The van der Waals surface area contributed by atoms with Crippen molar-refractivity contribution in [2.75, 3.05) is 26.3 Å². The van der Waals surface area contributed by atoms with Gasteiger partial charge in [-0.2, -0.15) is 0 Å². The van der Waals surface area contributed by atoms with Gasteiger partial charge < -0.3 is 29.7 Å². The molecule has 7 nitrogen and oxygen atoms in total. The zero-order chi connectivity index (χ0) is 19.0. The molecule has 1 spiro atoms. The third kappa shape index (κ3) is 3.90. The van der Waals surface area contributed by atoms with Crippen molar-refractivity contribution in [1.82, 2.24) is 4.90 Å². The number of piperidine rings is 1. The SMILES string of the molecule is O=C(c1cc(O)cc(OCC2CC2)c1)N1CCC2(CC1)OCC[C@H](O)[C@@H]2O. The number of hydrogen-bond donors (Lipinski definition) is 3. The topological polar surface area (TPSA) is 99.5 Å². The molecule has 1 aromatic carbocycles. The molecule has 1 aromatic rings. The van der Waals surface area contributed by atoms with Crippen LogP contribution in [0.5, 0.6) is 11.5 Å². The van der Waals surface area contributed by atoms with Crippen LogP contribution in [0.15, 0.2) is 18.2 Å². The number of ether oxygens (including phenoxy) is 2. The third-order valence-electron chi connectivity index (χ3n) is 5.92. The number of aliphatic hydroxyl groups is 2. The Balaban J connectivity index is 1.41. The van der Waals surface area contributed by atoms with Crippen LogP contribution in [0.1, 0.15) is 42.5 Å². The lowest BCUT2D eigenvalue weighted by atomic mass is 9.80. The van der Waals surface area contributed by atoms with Gasteiger partial charge >= 0.3 is 0 Å². The summed E-state index contributed by atoms with van der Waals surface area (Å²) in [6.07, 6.45) is 2.01. The zero-order valence-corrected chi connectivity index (χ0v) is 15.3. The second-order valence-electron chi connectivity index (χ2n) is 7.98. The van der Waals surface area contributed by atoms with Gasteiger partial charge in [0.25, 0.3) is 5.91 Å². The highest BCUT2D eigenvalue weighted by molar-refractivity contribution is 5.95. The molecule has 2 atom stereocenters. The third-order valence-corrected chi connectivity index (χ3v) is 5.92. The molecule has 0 bridgehead atoms. The lowest BCUT2D eigenvalue weighted by Gasteiger charge is -2.48. The summed E-state index contributed by atoms with van der Waals surface area (Å²) in [5.41, 5.74) is -0.381. The molecule has 27 heavy (non-hydrogen) atoms. The van der Waals surface area contributed by atoms with Gasteiger partial charge in [0, 0.05) is 24.7 Å². The van der Waals surface area contributed by atoms with Gasteiger partial charge in [0.05, 0.1) is 24.9 Å². The normalized spacial score (nSPS) is 27.6. The Morgan fingerprint density at radius 3 is 2.63 bits per heavy atom. The zero-order valence-electron chi connectivity index (χ0n) is 15.3. The summed E-state index contributed by atoms with van der Waals surface area (Å²) in [6.45, 7) is 1.88. The minimum Gasteiger partial charge on any atom is -0.508 e. The molecule has 1 amide bonds. The van der Waals surface area contributed by atoms with Gasteiger partial charge in [0.1, 0.15) is 17.6 Å². The number of carbonyl (C=O) groups excluding carboxylic acids is 1. The Hall–Kier alpha value is -1.83. The first kappa shape index (κ1) is 18.5. The molecule has 3 aliphatic rings. The van der Waals surface area contributed by atoms with E-state index < -0.39 is 17.8 Å². The minimum atomic E-state index is -0.924. The molecule has 0 radical (unpaired) electrons. The predicted octanol–water partition coefficient (Wildman–Crippen LogP) is 1.30. The Bertz CT molecular complexity index is 696. The molecule has 0 unspecified atom stereocenters. The van der Waals surface area contributed by atoms with Crippen molar-refractivity contribution in [2.45, 2.75) is 49.9 Å². The van der Waals surface area contributed by atoms with Crippen LogP contribution in [0.2, 0.25) is 0 Å². The summed E-state index contributed by atoms with van der Waals surface area (Å²) >= 11 is 0. The number of hydrogen-bond acceptors (Lipinski definition) is 6. The summed E-state index contributed by atoms with van der Waals surface area (Å²) in [6, 6.07) is 4.65. The first-order chi connectivity index (χ1) is 13.0. The van der Waals surface area contributed by atoms with Crippen LogP contribution in [0.4, 0.5) is 0 Å². The lowest BCUT2D eigenvalue weighted by Crippen LogP contribution is -2.60. The highest BCUT2D eigenvalue weighted by Crippen LogP contribution is 2.36. The molecular weight excluding hydrogens is 350 g/mol. The fourth-order valence-electron chi connectivity index (χ4n) is 3.98. The molecule has 3 fully saturated rings. The molecule has 2 aliphatic heterocycles. The van der Waals surface area contributed by atoms with Crippen molar-refractivity contribution in [3.05, 3.63) is 23.8 Å². The second-order valence-corrected chi connectivity index (χ2v) is 7.98. The van der Waals surface area contributed by atoms with E-state index in [0.717, 1.165) is 0 Å². The molecule has 2 heterocycles. The van der Waals surface area contributed by atoms with Crippen molar-refractivity contribution in [3.8, 4) is 11.5 Å². The first-order valence-corrected chi connectivity index (χ1v) is 9.73. The second kappa shape index (κ2) is 7.30. The van der Waals surface area contributed by atoms with E-state index in [1.54, 1.807) is 11.0 Å². The first-order valence-electron chi connectivity index (χ1n) is 9.73. The molecule has 148 valence electrons. The number of likely N-dealkylation sites (tertiary alicyclic amines) is 1. The molecular formula is C20H27NO6. The lowest BCUT2D eigenvalue weighted by molar-refractivity contribution is -0.212. The quantitative estimate of drug-likeness (QED) is 0.731. The number of phenols is 1. The number of aliphatic hydroxyl groups excluding tert-OH is 2. The van der Waals surface area contributed by atoms with E-state index in [9.17, 15) is 20.1 Å². The number of benzene rings is 1. The van der Waals surface area contributed by atoms with Crippen molar-refractivity contribution < 1.29 is 29.6 Å². The van der Waals surface area contributed by atoms with Gasteiger partial charge in [0.15, 0.2) is 0 Å². The summed E-state index contributed by atoms with van der Waals surface area (Å²) in [5, 5.41) is 30.3. The predicted molar refractivity (Wildman–Crippen MR) is 96.8 cm³/mol. The Labute approximate surface area is 158 Å². The smallest absolute Gasteiger partial charge is 0.254 e. The largest absolute Gasteiger partial charge is 0.508 e. The van der Waals surface area contributed by atoms with Crippen LogP contribution in [0.25, 0.3) is 0 Å². The number of carbonyl (C=O) groups is 1. The van der Waals surface area contributed by atoms with Gasteiger partial charge in [-0.25, -0.2) is 0 Å². The van der Waals surface area contributed by atoms with Crippen molar-refractivity contribution in [2.24, 2.45) is 5.92 Å². The van der Waals surface area contributed by atoms with Crippen LogP contribution in [0, 0.1) is 5.92 Å². The molecule has 2 saturated heterocycles. The molecule has 3 N–H and O–H groups in total. The van der Waals surface area contributed by atoms with Crippen molar-refractivity contribution in [3.63, 3.8) is 0 Å². The van der Waals surface area contributed by atoms with E-state index in [0.29, 0.717) is 62.8 Å². The van der Waals surface area contributed by atoms with Crippen LogP contribution in [0.3, 0.4) is 0 Å². The minimum absolute atomic E-state index is 0.00860. The Morgan fingerprint density at radius 1 is 1.19 bits per heavy atom.